The number of rotatable bonds is 2. The Morgan fingerprint density at radius 3 is 2.35 bits per heavy atom. The summed E-state index contributed by atoms with van der Waals surface area (Å²) in [5.74, 6) is 1.15. The maximum atomic E-state index is 6.36. The summed E-state index contributed by atoms with van der Waals surface area (Å²) in [6.45, 7) is 0. The molecule has 0 spiro atoms. The summed E-state index contributed by atoms with van der Waals surface area (Å²) >= 11 is 0. The molecule has 2 aromatic heterocycles. The van der Waals surface area contributed by atoms with E-state index in [2.05, 4.69) is 15.1 Å². The van der Waals surface area contributed by atoms with Crippen LogP contribution in [-0.4, -0.2) is 15.1 Å². The van der Waals surface area contributed by atoms with Crippen molar-refractivity contribution in [2.24, 2.45) is 5.73 Å². The Morgan fingerprint density at radius 1 is 1.05 bits per heavy atom. The van der Waals surface area contributed by atoms with Crippen LogP contribution in [0.15, 0.2) is 29.0 Å². The number of hydrogen-bond donors (Lipinski definition) is 1. The summed E-state index contributed by atoms with van der Waals surface area (Å²) in [6.07, 6.45) is 8.77. The lowest BCUT2D eigenvalue weighted by molar-refractivity contribution is 0.220. The van der Waals surface area contributed by atoms with Crippen molar-refractivity contribution in [3.63, 3.8) is 0 Å². The first kappa shape index (κ1) is 16.9. The van der Waals surface area contributed by atoms with Crippen molar-refractivity contribution in [3.05, 3.63) is 30.4 Å². The lowest BCUT2D eigenvalue weighted by Crippen LogP contribution is -2.38. The molecule has 0 saturated heterocycles. The van der Waals surface area contributed by atoms with Gasteiger partial charge in [-0.3, -0.25) is 4.98 Å². The van der Waals surface area contributed by atoms with E-state index in [4.69, 9.17) is 10.3 Å². The van der Waals surface area contributed by atoms with Gasteiger partial charge in [-0.1, -0.05) is 24.4 Å². The highest BCUT2D eigenvalue weighted by Crippen LogP contribution is 2.34. The number of aromatic nitrogens is 3. The van der Waals surface area contributed by atoms with Gasteiger partial charge in [0.25, 0.3) is 0 Å². The van der Waals surface area contributed by atoms with Crippen LogP contribution in [0.5, 0.6) is 0 Å². The molecule has 2 heterocycles. The molecule has 7 heteroatoms. The van der Waals surface area contributed by atoms with Crippen molar-refractivity contribution >= 4 is 24.8 Å². The van der Waals surface area contributed by atoms with E-state index in [1.807, 2.05) is 12.1 Å². The van der Waals surface area contributed by atoms with Crippen LogP contribution in [0.3, 0.4) is 0 Å². The Hall–Kier alpha value is -1.17. The first-order valence-electron chi connectivity index (χ1n) is 6.31. The molecule has 0 amide bonds. The molecule has 1 aliphatic rings. The van der Waals surface area contributed by atoms with Crippen LogP contribution < -0.4 is 5.73 Å². The minimum atomic E-state index is -0.434. The Kier molecular flexibility index (Phi) is 5.92. The maximum absolute atomic E-state index is 6.36. The molecule has 1 aliphatic carbocycles. The van der Waals surface area contributed by atoms with Gasteiger partial charge < -0.3 is 10.3 Å². The van der Waals surface area contributed by atoms with E-state index in [-0.39, 0.29) is 24.8 Å². The molecule has 110 valence electrons. The highest BCUT2D eigenvalue weighted by molar-refractivity contribution is 5.85. The molecule has 0 aromatic carbocycles. The minimum Gasteiger partial charge on any atom is -0.337 e. The highest BCUT2D eigenvalue weighted by Gasteiger charge is 2.35. The van der Waals surface area contributed by atoms with Gasteiger partial charge in [0, 0.05) is 18.0 Å². The quantitative estimate of drug-likeness (QED) is 0.921. The Labute approximate surface area is 130 Å². The van der Waals surface area contributed by atoms with Gasteiger partial charge in [0.15, 0.2) is 0 Å². The molecule has 0 unspecified atom stereocenters. The highest BCUT2D eigenvalue weighted by atomic mass is 35.5. The SMILES string of the molecule is Cl.Cl.NC1(c2nc(-c3ccncc3)no2)CCCCC1. The lowest BCUT2D eigenvalue weighted by atomic mass is 9.82. The fraction of sp³-hybridized carbons (Fsp3) is 0.462. The second kappa shape index (κ2) is 7.02. The van der Waals surface area contributed by atoms with Crippen molar-refractivity contribution in [2.45, 2.75) is 37.6 Å². The van der Waals surface area contributed by atoms with E-state index in [0.717, 1.165) is 31.2 Å². The zero-order chi connectivity index (χ0) is 12.4. The van der Waals surface area contributed by atoms with Crippen molar-refractivity contribution < 1.29 is 4.52 Å². The summed E-state index contributed by atoms with van der Waals surface area (Å²) in [5.41, 5.74) is 6.83. The molecule has 2 aromatic rings. The molecule has 5 nitrogen and oxygen atoms in total. The van der Waals surface area contributed by atoms with Gasteiger partial charge in [-0.15, -0.1) is 24.8 Å². The zero-order valence-electron chi connectivity index (χ0n) is 11.0. The standard InChI is InChI=1S/C13H16N4O.2ClH/c14-13(6-2-1-3-7-13)12-16-11(17-18-12)10-4-8-15-9-5-10;;/h4-5,8-9H,1-3,6-7,14H2;2*1H. The summed E-state index contributed by atoms with van der Waals surface area (Å²) in [6, 6.07) is 3.72. The predicted octanol–water partition coefficient (Wildman–Crippen LogP) is 3.09. The fourth-order valence-electron chi connectivity index (χ4n) is 2.44. The minimum absolute atomic E-state index is 0. The van der Waals surface area contributed by atoms with Crippen LogP contribution in [0.25, 0.3) is 11.4 Å². The zero-order valence-corrected chi connectivity index (χ0v) is 12.6. The number of hydrogen-bond acceptors (Lipinski definition) is 5. The van der Waals surface area contributed by atoms with Crippen LogP contribution in [-0.2, 0) is 5.54 Å². The van der Waals surface area contributed by atoms with Crippen molar-refractivity contribution in [1.82, 2.24) is 15.1 Å². The van der Waals surface area contributed by atoms with Crippen LogP contribution in [0, 0.1) is 0 Å². The van der Waals surface area contributed by atoms with Gasteiger partial charge in [0.05, 0.1) is 5.54 Å². The van der Waals surface area contributed by atoms with Crippen LogP contribution in [0.2, 0.25) is 0 Å². The van der Waals surface area contributed by atoms with Gasteiger partial charge >= 0.3 is 0 Å². The van der Waals surface area contributed by atoms with E-state index < -0.39 is 5.54 Å². The third-order valence-corrected chi connectivity index (χ3v) is 3.54. The van der Waals surface area contributed by atoms with Gasteiger partial charge in [-0.05, 0) is 25.0 Å². The van der Waals surface area contributed by atoms with Crippen molar-refractivity contribution in [1.29, 1.82) is 0 Å². The van der Waals surface area contributed by atoms with E-state index in [9.17, 15) is 0 Å². The Bertz CT molecular complexity index is 526. The summed E-state index contributed by atoms with van der Waals surface area (Å²) in [5, 5.41) is 4.01. The molecule has 3 rings (SSSR count). The topological polar surface area (TPSA) is 77.8 Å². The van der Waals surface area contributed by atoms with E-state index in [1.165, 1.54) is 6.42 Å². The Morgan fingerprint density at radius 2 is 1.70 bits per heavy atom. The van der Waals surface area contributed by atoms with Crippen LogP contribution in [0.4, 0.5) is 0 Å². The molecule has 0 atom stereocenters. The maximum Gasteiger partial charge on any atom is 0.247 e. The lowest BCUT2D eigenvalue weighted by Gasteiger charge is -2.29. The largest absolute Gasteiger partial charge is 0.337 e. The number of pyridine rings is 1. The summed E-state index contributed by atoms with van der Waals surface area (Å²) in [4.78, 5) is 8.42. The molecule has 1 saturated carbocycles. The Balaban J connectivity index is 0.000001000. The molecule has 0 radical (unpaired) electrons. The molecule has 1 fully saturated rings. The van der Waals surface area contributed by atoms with Gasteiger partial charge in [0.2, 0.25) is 11.7 Å². The third kappa shape index (κ3) is 3.29. The van der Waals surface area contributed by atoms with Gasteiger partial charge in [-0.25, -0.2) is 0 Å². The molecule has 0 aliphatic heterocycles. The van der Waals surface area contributed by atoms with E-state index in [0.29, 0.717) is 11.7 Å². The average Bonchev–Trinajstić information content (AvgIpc) is 2.91. The summed E-state index contributed by atoms with van der Waals surface area (Å²) in [7, 11) is 0. The first-order chi connectivity index (χ1) is 8.78. The number of nitrogens with two attached hydrogens (primary N) is 1. The van der Waals surface area contributed by atoms with Crippen LogP contribution in [0.1, 0.15) is 38.0 Å². The monoisotopic (exact) mass is 316 g/mol. The molecule has 0 bridgehead atoms. The number of nitrogens with zero attached hydrogens (tertiary/aromatic N) is 3. The second-order valence-electron chi connectivity index (χ2n) is 4.88. The molecule has 2 N–H and O–H groups in total. The first-order valence-corrected chi connectivity index (χ1v) is 6.31. The van der Waals surface area contributed by atoms with E-state index in [1.54, 1.807) is 12.4 Å². The van der Waals surface area contributed by atoms with E-state index >= 15 is 0 Å². The number of halogens is 2. The van der Waals surface area contributed by atoms with Crippen molar-refractivity contribution in [2.75, 3.05) is 0 Å². The van der Waals surface area contributed by atoms with Crippen LogP contribution >= 0.6 is 24.8 Å². The smallest absolute Gasteiger partial charge is 0.247 e. The van der Waals surface area contributed by atoms with Gasteiger partial charge in [0.1, 0.15) is 0 Å². The summed E-state index contributed by atoms with van der Waals surface area (Å²) < 4.78 is 5.36. The predicted molar refractivity (Wildman–Crippen MR) is 81.0 cm³/mol. The van der Waals surface area contributed by atoms with Gasteiger partial charge in [-0.2, -0.15) is 4.98 Å². The second-order valence-corrected chi connectivity index (χ2v) is 4.88. The van der Waals surface area contributed by atoms with Crippen molar-refractivity contribution in [3.8, 4) is 11.4 Å². The normalized spacial score (nSPS) is 16.9. The average molecular weight is 317 g/mol. The third-order valence-electron chi connectivity index (χ3n) is 3.54. The molecule has 20 heavy (non-hydrogen) atoms. The fourth-order valence-corrected chi connectivity index (χ4v) is 2.44. The molecular formula is C13H18Cl2N4O. The molecular weight excluding hydrogens is 299 g/mol.